The number of hydrogen-bond acceptors (Lipinski definition) is 6. The van der Waals surface area contributed by atoms with Crippen molar-refractivity contribution in [2.75, 3.05) is 43.4 Å². The summed E-state index contributed by atoms with van der Waals surface area (Å²) < 4.78 is 13.5. The van der Waals surface area contributed by atoms with Crippen LogP contribution in [0.5, 0.6) is 0 Å². The van der Waals surface area contributed by atoms with Crippen LogP contribution in [-0.4, -0.2) is 48.1 Å². The molecule has 1 aliphatic heterocycles. The topological polar surface area (TPSA) is 44.3 Å². The second-order valence-electron chi connectivity index (χ2n) is 7.90. The molecule has 158 valence electrons. The lowest BCUT2D eigenvalue weighted by Gasteiger charge is -2.34. The molecular formula is C24H24FN5S. The van der Waals surface area contributed by atoms with Crippen molar-refractivity contribution in [3.63, 3.8) is 0 Å². The molecule has 3 heterocycles. The quantitative estimate of drug-likeness (QED) is 0.473. The lowest BCUT2D eigenvalue weighted by atomic mass is 10.0. The maximum atomic E-state index is 13.5. The number of aromatic nitrogens is 2. The third-order valence-electron chi connectivity index (χ3n) is 5.80. The van der Waals surface area contributed by atoms with Crippen molar-refractivity contribution in [2.24, 2.45) is 0 Å². The van der Waals surface area contributed by atoms with Crippen molar-refractivity contribution in [1.29, 1.82) is 0 Å². The molecule has 0 bridgehead atoms. The summed E-state index contributed by atoms with van der Waals surface area (Å²) in [5, 5.41) is 4.45. The minimum Gasteiger partial charge on any atom is -0.369 e. The van der Waals surface area contributed by atoms with Crippen LogP contribution in [0.15, 0.2) is 54.9 Å². The number of rotatable bonds is 4. The zero-order valence-corrected chi connectivity index (χ0v) is 18.4. The molecule has 4 aromatic rings. The van der Waals surface area contributed by atoms with Crippen molar-refractivity contribution in [2.45, 2.75) is 6.92 Å². The highest BCUT2D eigenvalue weighted by Gasteiger charge is 2.18. The molecule has 1 N–H and O–H groups in total. The highest BCUT2D eigenvalue weighted by molar-refractivity contribution is 7.19. The first kappa shape index (κ1) is 19.9. The number of piperazine rings is 1. The summed E-state index contributed by atoms with van der Waals surface area (Å²) in [5.41, 5.74) is 4.24. The van der Waals surface area contributed by atoms with Crippen molar-refractivity contribution in [3.05, 3.63) is 65.6 Å². The van der Waals surface area contributed by atoms with E-state index in [2.05, 4.69) is 63.3 Å². The van der Waals surface area contributed by atoms with E-state index in [9.17, 15) is 4.39 Å². The van der Waals surface area contributed by atoms with Crippen LogP contribution in [0.1, 0.15) is 4.88 Å². The normalized spacial score (nSPS) is 14.9. The molecule has 5 rings (SSSR count). The van der Waals surface area contributed by atoms with Crippen LogP contribution < -0.4 is 10.2 Å². The van der Waals surface area contributed by atoms with Crippen LogP contribution in [0.3, 0.4) is 0 Å². The number of benzene rings is 2. The zero-order chi connectivity index (χ0) is 21.4. The first-order valence-electron chi connectivity index (χ1n) is 10.4. The summed E-state index contributed by atoms with van der Waals surface area (Å²) in [6.07, 6.45) is 1.59. The number of fused-ring (bicyclic) bond motifs is 1. The number of hydrogen-bond donors (Lipinski definition) is 1. The first-order chi connectivity index (χ1) is 15.1. The van der Waals surface area contributed by atoms with Gasteiger partial charge >= 0.3 is 0 Å². The van der Waals surface area contributed by atoms with Gasteiger partial charge in [0.2, 0.25) is 0 Å². The monoisotopic (exact) mass is 433 g/mol. The fourth-order valence-electron chi connectivity index (χ4n) is 4.06. The number of anilines is 3. The second-order valence-corrected chi connectivity index (χ2v) is 9.11. The van der Waals surface area contributed by atoms with E-state index in [0.29, 0.717) is 0 Å². The van der Waals surface area contributed by atoms with Gasteiger partial charge in [-0.05, 0) is 55.9 Å². The van der Waals surface area contributed by atoms with Gasteiger partial charge in [0.05, 0.1) is 5.39 Å². The fourth-order valence-corrected chi connectivity index (χ4v) is 5.07. The Hall–Kier alpha value is -3.03. The SMILES string of the molecule is Cc1sc2ncnc(Nc3ccc(N4CCN(C)CC4)cc3)c2c1-c1ccc(F)cc1. The van der Waals surface area contributed by atoms with Gasteiger partial charge in [0.1, 0.15) is 22.8 Å². The molecule has 0 atom stereocenters. The number of aryl methyl sites for hydroxylation is 1. The van der Waals surface area contributed by atoms with Gasteiger partial charge in [-0.1, -0.05) is 12.1 Å². The van der Waals surface area contributed by atoms with E-state index in [1.54, 1.807) is 17.7 Å². The highest BCUT2D eigenvalue weighted by atomic mass is 32.1. The van der Waals surface area contributed by atoms with Gasteiger partial charge in [0.15, 0.2) is 0 Å². The number of likely N-dealkylation sites (N-methyl/N-ethyl adjacent to an activating group) is 1. The molecule has 5 nitrogen and oxygen atoms in total. The van der Waals surface area contributed by atoms with Gasteiger partial charge < -0.3 is 15.1 Å². The Morgan fingerprint density at radius 1 is 0.935 bits per heavy atom. The number of nitrogens with one attached hydrogen (secondary N) is 1. The van der Waals surface area contributed by atoms with Gasteiger partial charge in [-0.3, -0.25) is 0 Å². The van der Waals surface area contributed by atoms with Crippen LogP contribution in [-0.2, 0) is 0 Å². The van der Waals surface area contributed by atoms with Crippen LogP contribution in [0.2, 0.25) is 0 Å². The third kappa shape index (κ3) is 3.98. The van der Waals surface area contributed by atoms with Crippen LogP contribution in [0.25, 0.3) is 21.3 Å². The number of nitrogens with zero attached hydrogens (tertiary/aromatic N) is 4. The summed E-state index contributed by atoms with van der Waals surface area (Å²) in [4.78, 5) is 15.8. The largest absolute Gasteiger partial charge is 0.369 e. The Bertz CT molecular complexity index is 1200. The molecule has 0 unspecified atom stereocenters. The van der Waals surface area contributed by atoms with Crippen LogP contribution in [0, 0.1) is 12.7 Å². The average Bonchev–Trinajstić information content (AvgIpc) is 3.12. The molecule has 1 aliphatic rings. The Balaban J connectivity index is 1.46. The number of halogens is 1. The Morgan fingerprint density at radius 3 is 2.35 bits per heavy atom. The summed E-state index contributed by atoms with van der Waals surface area (Å²) in [5.74, 6) is 0.525. The molecule has 7 heteroatoms. The van der Waals surface area contributed by atoms with Gasteiger partial charge in [-0.25, -0.2) is 14.4 Å². The van der Waals surface area contributed by atoms with Crippen molar-refractivity contribution < 1.29 is 4.39 Å². The molecule has 31 heavy (non-hydrogen) atoms. The predicted molar refractivity (Wildman–Crippen MR) is 127 cm³/mol. The van der Waals surface area contributed by atoms with E-state index in [0.717, 1.165) is 63.9 Å². The van der Waals surface area contributed by atoms with Gasteiger partial charge in [-0.2, -0.15) is 0 Å². The van der Waals surface area contributed by atoms with Gasteiger partial charge in [0.25, 0.3) is 0 Å². The molecule has 0 saturated carbocycles. The van der Waals surface area contributed by atoms with E-state index in [1.807, 2.05) is 12.1 Å². The smallest absolute Gasteiger partial charge is 0.143 e. The lowest BCUT2D eigenvalue weighted by molar-refractivity contribution is 0.313. The Morgan fingerprint density at radius 2 is 1.65 bits per heavy atom. The fraction of sp³-hybridized carbons (Fsp3) is 0.250. The summed E-state index contributed by atoms with van der Waals surface area (Å²) in [6.45, 7) is 6.33. The summed E-state index contributed by atoms with van der Waals surface area (Å²) in [7, 11) is 2.17. The predicted octanol–water partition coefficient (Wildman–Crippen LogP) is 5.30. The van der Waals surface area contributed by atoms with Crippen molar-refractivity contribution >= 4 is 38.7 Å². The molecular weight excluding hydrogens is 409 g/mol. The van der Waals surface area contributed by atoms with E-state index in [-0.39, 0.29) is 5.82 Å². The molecule has 1 fully saturated rings. The molecule has 0 radical (unpaired) electrons. The van der Waals surface area contributed by atoms with E-state index in [4.69, 9.17) is 0 Å². The van der Waals surface area contributed by atoms with Crippen LogP contribution in [0.4, 0.5) is 21.6 Å². The maximum Gasteiger partial charge on any atom is 0.143 e. The van der Waals surface area contributed by atoms with Crippen molar-refractivity contribution in [1.82, 2.24) is 14.9 Å². The summed E-state index contributed by atoms with van der Waals surface area (Å²) in [6, 6.07) is 15.1. The summed E-state index contributed by atoms with van der Waals surface area (Å²) >= 11 is 1.63. The lowest BCUT2D eigenvalue weighted by Crippen LogP contribution is -2.44. The Kier molecular flexibility index (Phi) is 5.29. The minimum absolute atomic E-state index is 0.240. The van der Waals surface area contributed by atoms with Crippen LogP contribution >= 0.6 is 11.3 Å². The zero-order valence-electron chi connectivity index (χ0n) is 17.6. The first-order valence-corrected chi connectivity index (χ1v) is 11.2. The highest BCUT2D eigenvalue weighted by Crippen LogP contribution is 2.41. The second kappa shape index (κ2) is 8.24. The van der Waals surface area contributed by atoms with E-state index < -0.39 is 0 Å². The maximum absolute atomic E-state index is 13.5. The average molecular weight is 434 g/mol. The van der Waals surface area contributed by atoms with Gasteiger partial charge in [-0.15, -0.1) is 11.3 Å². The Labute approximate surface area is 185 Å². The standard InChI is InChI=1S/C24H24FN5S/c1-16-21(17-3-5-18(25)6-4-17)22-23(26-15-27-24(22)31-16)28-19-7-9-20(10-8-19)30-13-11-29(2)12-14-30/h3-10,15H,11-14H2,1-2H3,(H,26,27,28). The molecule has 2 aromatic heterocycles. The molecule has 0 amide bonds. The van der Waals surface area contributed by atoms with E-state index in [1.165, 1.54) is 17.8 Å². The molecule has 0 aliphatic carbocycles. The van der Waals surface area contributed by atoms with Crippen molar-refractivity contribution in [3.8, 4) is 11.1 Å². The minimum atomic E-state index is -0.240. The molecule has 2 aromatic carbocycles. The van der Waals surface area contributed by atoms with Gasteiger partial charge in [0, 0.05) is 48.0 Å². The van der Waals surface area contributed by atoms with E-state index >= 15 is 0 Å². The molecule has 0 spiro atoms. The number of thiophene rings is 1. The third-order valence-corrected chi connectivity index (χ3v) is 6.81. The molecule has 1 saturated heterocycles.